The number of hydrogen-bond acceptors (Lipinski definition) is 2. The van der Waals surface area contributed by atoms with Crippen molar-refractivity contribution in [2.24, 2.45) is 0 Å². The number of hydrogen-bond donors (Lipinski definition) is 1. The zero-order valence-electron chi connectivity index (χ0n) is 12.2. The molecule has 0 radical (unpaired) electrons. The minimum Gasteiger partial charge on any atom is -0.390 e. The number of rotatable bonds is 9. The molecule has 0 amide bonds. The molecule has 2 nitrogen and oxygen atoms in total. The van der Waals surface area contributed by atoms with Gasteiger partial charge in [0.1, 0.15) is 0 Å². The van der Waals surface area contributed by atoms with Crippen molar-refractivity contribution in [3.05, 3.63) is 0 Å². The van der Waals surface area contributed by atoms with Gasteiger partial charge in [0, 0.05) is 6.61 Å². The van der Waals surface area contributed by atoms with E-state index in [1.54, 1.807) is 0 Å². The molecule has 0 heterocycles. The highest BCUT2D eigenvalue weighted by Crippen LogP contribution is 2.20. The topological polar surface area (TPSA) is 29.5 Å². The molecule has 0 aromatic heterocycles. The molecule has 1 saturated carbocycles. The van der Waals surface area contributed by atoms with Crippen LogP contribution in [0.5, 0.6) is 0 Å². The fraction of sp³-hybridized carbons (Fsp3) is 1.00. The molecule has 2 atom stereocenters. The van der Waals surface area contributed by atoms with E-state index in [2.05, 4.69) is 6.92 Å². The van der Waals surface area contributed by atoms with E-state index < -0.39 is 0 Å². The van der Waals surface area contributed by atoms with E-state index in [0.29, 0.717) is 0 Å². The molecule has 0 saturated heterocycles. The number of unbranched alkanes of at least 4 members (excludes halogenated alkanes) is 6. The van der Waals surface area contributed by atoms with Gasteiger partial charge in [0.25, 0.3) is 0 Å². The van der Waals surface area contributed by atoms with Crippen LogP contribution in [0.4, 0.5) is 0 Å². The van der Waals surface area contributed by atoms with Crippen LogP contribution >= 0.6 is 0 Å². The second kappa shape index (κ2) is 10.8. The number of aliphatic hydroxyl groups excluding tert-OH is 1. The first kappa shape index (κ1) is 16.0. The molecule has 0 aliphatic heterocycles. The SMILES string of the molecule is CCCCCCCCCOC1CCCCCC1O. The van der Waals surface area contributed by atoms with Gasteiger partial charge in [0.2, 0.25) is 0 Å². The summed E-state index contributed by atoms with van der Waals surface area (Å²) in [5.74, 6) is 0. The molecular weight excluding hydrogens is 224 g/mol. The summed E-state index contributed by atoms with van der Waals surface area (Å²) in [6.45, 7) is 3.10. The summed E-state index contributed by atoms with van der Waals surface area (Å²) in [6, 6.07) is 0. The van der Waals surface area contributed by atoms with Crippen LogP contribution in [-0.2, 0) is 4.74 Å². The minimum absolute atomic E-state index is 0.118. The normalized spacial score (nSPS) is 25.0. The van der Waals surface area contributed by atoms with Gasteiger partial charge in [-0.1, -0.05) is 64.7 Å². The van der Waals surface area contributed by atoms with Crippen LogP contribution in [0.3, 0.4) is 0 Å². The summed E-state index contributed by atoms with van der Waals surface area (Å²) in [4.78, 5) is 0. The average molecular weight is 256 g/mol. The Morgan fingerprint density at radius 2 is 1.56 bits per heavy atom. The van der Waals surface area contributed by atoms with E-state index in [1.165, 1.54) is 57.8 Å². The van der Waals surface area contributed by atoms with Crippen molar-refractivity contribution in [3.63, 3.8) is 0 Å². The van der Waals surface area contributed by atoms with Gasteiger partial charge < -0.3 is 9.84 Å². The first-order chi connectivity index (χ1) is 8.84. The van der Waals surface area contributed by atoms with E-state index >= 15 is 0 Å². The molecule has 2 unspecified atom stereocenters. The van der Waals surface area contributed by atoms with Crippen LogP contribution in [-0.4, -0.2) is 23.9 Å². The van der Waals surface area contributed by atoms with Crippen LogP contribution in [0.25, 0.3) is 0 Å². The van der Waals surface area contributed by atoms with Crippen LogP contribution in [0.15, 0.2) is 0 Å². The largest absolute Gasteiger partial charge is 0.390 e. The summed E-state index contributed by atoms with van der Waals surface area (Å²) < 4.78 is 5.85. The Balaban J connectivity index is 1.93. The quantitative estimate of drug-likeness (QED) is 0.488. The second-order valence-electron chi connectivity index (χ2n) is 5.74. The molecule has 0 bridgehead atoms. The Kier molecular flexibility index (Phi) is 9.59. The van der Waals surface area contributed by atoms with Gasteiger partial charge in [-0.3, -0.25) is 0 Å². The van der Waals surface area contributed by atoms with Crippen molar-refractivity contribution < 1.29 is 9.84 Å². The average Bonchev–Trinajstić information content (AvgIpc) is 2.58. The third-order valence-electron chi connectivity index (χ3n) is 4.00. The maximum atomic E-state index is 9.92. The second-order valence-corrected chi connectivity index (χ2v) is 5.74. The van der Waals surface area contributed by atoms with Crippen molar-refractivity contribution in [1.29, 1.82) is 0 Å². The number of aliphatic hydroxyl groups is 1. The van der Waals surface area contributed by atoms with Crippen LogP contribution in [0, 0.1) is 0 Å². The maximum absolute atomic E-state index is 9.92. The van der Waals surface area contributed by atoms with Gasteiger partial charge in [-0.2, -0.15) is 0 Å². The van der Waals surface area contributed by atoms with Gasteiger partial charge in [0.15, 0.2) is 0 Å². The minimum atomic E-state index is -0.211. The molecule has 18 heavy (non-hydrogen) atoms. The zero-order valence-corrected chi connectivity index (χ0v) is 12.2. The lowest BCUT2D eigenvalue weighted by atomic mass is 10.1. The van der Waals surface area contributed by atoms with E-state index in [-0.39, 0.29) is 12.2 Å². The first-order valence-corrected chi connectivity index (χ1v) is 8.14. The Morgan fingerprint density at radius 1 is 0.889 bits per heavy atom. The van der Waals surface area contributed by atoms with Gasteiger partial charge in [-0.05, 0) is 19.3 Å². The van der Waals surface area contributed by atoms with Crippen LogP contribution in [0.1, 0.15) is 84.0 Å². The number of ether oxygens (including phenoxy) is 1. The van der Waals surface area contributed by atoms with Gasteiger partial charge in [-0.15, -0.1) is 0 Å². The van der Waals surface area contributed by atoms with Gasteiger partial charge in [0.05, 0.1) is 12.2 Å². The lowest BCUT2D eigenvalue weighted by molar-refractivity contribution is -0.0412. The van der Waals surface area contributed by atoms with Crippen LogP contribution < -0.4 is 0 Å². The Hall–Kier alpha value is -0.0800. The molecule has 1 aliphatic rings. The lowest BCUT2D eigenvalue weighted by Crippen LogP contribution is -2.28. The molecule has 108 valence electrons. The molecule has 1 fully saturated rings. The first-order valence-electron chi connectivity index (χ1n) is 8.14. The van der Waals surface area contributed by atoms with E-state index in [4.69, 9.17) is 4.74 Å². The smallest absolute Gasteiger partial charge is 0.0833 e. The predicted octanol–water partition coefficient (Wildman–Crippen LogP) is 4.45. The van der Waals surface area contributed by atoms with E-state index in [1.807, 2.05) is 0 Å². The molecule has 2 heteroatoms. The summed E-state index contributed by atoms with van der Waals surface area (Å²) in [6.07, 6.45) is 14.8. The zero-order chi connectivity index (χ0) is 13.1. The van der Waals surface area contributed by atoms with Crippen LogP contribution in [0.2, 0.25) is 0 Å². The highest BCUT2D eigenvalue weighted by molar-refractivity contribution is 4.73. The molecule has 0 spiro atoms. The van der Waals surface area contributed by atoms with Crippen molar-refractivity contribution in [3.8, 4) is 0 Å². The molecule has 0 aromatic rings. The van der Waals surface area contributed by atoms with Crippen molar-refractivity contribution in [1.82, 2.24) is 0 Å². The molecular formula is C16H32O2. The maximum Gasteiger partial charge on any atom is 0.0833 e. The predicted molar refractivity (Wildman–Crippen MR) is 76.8 cm³/mol. The third kappa shape index (κ3) is 7.38. The van der Waals surface area contributed by atoms with E-state index in [0.717, 1.165) is 25.9 Å². The Morgan fingerprint density at radius 3 is 2.33 bits per heavy atom. The fourth-order valence-electron chi connectivity index (χ4n) is 2.74. The van der Waals surface area contributed by atoms with Gasteiger partial charge >= 0.3 is 0 Å². The monoisotopic (exact) mass is 256 g/mol. The highest BCUT2D eigenvalue weighted by atomic mass is 16.5. The lowest BCUT2D eigenvalue weighted by Gasteiger charge is -2.20. The molecule has 1 aliphatic carbocycles. The highest BCUT2D eigenvalue weighted by Gasteiger charge is 2.21. The molecule has 1 rings (SSSR count). The third-order valence-corrected chi connectivity index (χ3v) is 4.00. The summed E-state index contributed by atoms with van der Waals surface area (Å²) >= 11 is 0. The summed E-state index contributed by atoms with van der Waals surface area (Å²) in [5.41, 5.74) is 0. The Bertz CT molecular complexity index is 182. The summed E-state index contributed by atoms with van der Waals surface area (Å²) in [5, 5.41) is 9.92. The van der Waals surface area contributed by atoms with Crippen molar-refractivity contribution >= 4 is 0 Å². The van der Waals surface area contributed by atoms with Crippen molar-refractivity contribution in [2.45, 2.75) is 96.2 Å². The summed E-state index contributed by atoms with van der Waals surface area (Å²) in [7, 11) is 0. The van der Waals surface area contributed by atoms with Gasteiger partial charge in [-0.25, -0.2) is 0 Å². The van der Waals surface area contributed by atoms with E-state index in [9.17, 15) is 5.11 Å². The standard InChI is InChI=1S/C16H32O2/c1-2-3-4-5-6-7-11-14-18-16-13-10-8-9-12-15(16)17/h15-17H,2-14H2,1H3. The molecule has 1 N–H and O–H groups in total. The fourth-order valence-corrected chi connectivity index (χ4v) is 2.74. The Labute approximate surface area is 113 Å². The van der Waals surface area contributed by atoms with Crippen molar-refractivity contribution in [2.75, 3.05) is 6.61 Å². The molecule has 0 aromatic carbocycles.